The molecule has 26 heavy (non-hydrogen) atoms. The summed E-state index contributed by atoms with van der Waals surface area (Å²) in [5.41, 5.74) is 1.25. The van der Waals surface area contributed by atoms with Crippen LogP contribution in [0.25, 0.3) is 22.6 Å². The molecule has 2 aromatic carbocycles. The lowest BCUT2D eigenvalue weighted by Crippen LogP contribution is -2.11. The van der Waals surface area contributed by atoms with E-state index < -0.39 is 0 Å². The summed E-state index contributed by atoms with van der Waals surface area (Å²) in [6.45, 7) is 2.38. The molecule has 6 nitrogen and oxygen atoms in total. The van der Waals surface area contributed by atoms with E-state index in [-0.39, 0.29) is 17.0 Å². The van der Waals surface area contributed by atoms with Crippen LogP contribution < -0.4 is 15.0 Å². The van der Waals surface area contributed by atoms with Crippen molar-refractivity contribution in [3.63, 3.8) is 0 Å². The van der Waals surface area contributed by atoms with Gasteiger partial charge >= 0.3 is 0 Å². The molecule has 6 heteroatoms. The fourth-order valence-electron chi connectivity index (χ4n) is 2.59. The minimum Gasteiger partial charge on any atom is -0.493 e. The number of hydrogen-bond acceptors (Lipinski definition) is 5. The van der Waals surface area contributed by atoms with Gasteiger partial charge in [-0.15, -0.1) is 0 Å². The quantitative estimate of drug-likeness (QED) is 0.715. The third-order valence-electron chi connectivity index (χ3n) is 3.79. The van der Waals surface area contributed by atoms with E-state index in [1.807, 2.05) is 6.92 Å². The maximum absolute atomic E-state index is 12.2. The molecule has 0 saturated carbocycles. The molecular weight excluding hydrogens is 330 g/mol. The molecule has 1 aromatic heterocycles. The minimum atomic E-state index is -0.281. The van der Waals surface area contributed by atoms with Crippen molar-refractivity contribution < 1.29 is 9.47 Å². The van der Waals surface area contributed by atoms with E-state index in [0.717, 1.165) is 5.56 Å². The van der Waals surface area contributed by atoms with Crippen molar-refractivity contribution in [1.29, 1.82) is 5.26 Å². The zero-order chi connectivity index (χ0) is 18.5. The van der Waals surface area contributed by atoms with Gasteiger partial charge in [-0.2, -0.15) is 5.26 Å². The fourth-order valence-corrected chi connectivity index (χ4v) is 2.59. The smallest absolute Gasteiger partial charge is 0.259 e. The maximum atomic E-state index is 12.2. The molecule has 3 aromatic rings. The molecule has 0 aliphatic heterocycles. The van der Waals surface area contributed by atoms with Crippen molar-refractivity contribution in [2.45, 2.75) is 6.92 Å². The van der Waals surface area contributed by atoms with Crippen LogP contribution in [0.4, 0.5) is 0 Å². The molecule has 0 aliphatic rings. The van der Waals surface area contributed by atoms with Gasteiger partial charge in [0.15, 0.2) is 17.3 Å². The van der Waals surface area contributed by atoms with Crippen molar-refractivity contribution in [3.8, 4) is 17.6 Å². The first-order chi connectivity index (χ1) is 12.7. The first-order valence-corrected chi connectivity index (χ1v) is 8.08. The van der Waals surface area contributed by atoms with Gasteiger partial charge in [-0.05, 0) is 42.8 Å². The Morgan fingerprint density at radius 3 is 2.81 bits per heavy atom. The van der Waals surface area contributed by atoms with Crippen LogP contribution in [-0.4, -0.2) is 23.7 Å². The molecule has 0 unspecified atom stereocenters. The monoisotopic (exact) mass is 347 g/mol. The van der Waals surface area contributed by atoms with E-state index in [2.05, 4.69) is 16.0 Å². The lowest BCUT2D eigenvalue weighted by atomic mass is 10.1. The second-order valence-electron chi connectivity index (χ2n) is 5.44. The molecular formula is C20H17N3O3. The summed E-state index contributed by atoms with van der Waals surface area (Å²) in [5, 5.41) is 10.0. The van der Waals surface area contributed by atoms with Gasteiger partial charge < -0.3 is 14.5 Å². The Morgan fingerprint density at radius 2 is 2.08 bits per heavy atom. The van der Waals surface area contributed by atoms with Gasteiger partial charge in [-0.3, -0.25) is 4.79 Å². The number of ether oxygens (including phenoxy) is 2. The van der Waals surface area contributed by atoms with Crippen LogP contribution in [0.2, 0.25) is 0 Å². The van der Waals surface area contributed by atoms with Gasteiger partial charge in [0.25, 0.3) is 5.56 Å². The molecule has 3 rings (SSSR count). The van der Waals surface area contributed by atoms with Crippen LogP contribution >= 0.6 is 0 Å². The molecule has 0 spiro atoms. The highest BCUT2D eigenvalue weighted by molar-refractivity contribution is 5.89. The van der Waals surface area contributed by atoms with Crippen LogP contribution in [-0.2, 0) is 0 Å². The number of aromatic nitrogens is 2. The Kier molecular flexibility index (Phi) is 4.99. The third kappa shape index (κ3) is 3.42. The van der Waals surface area contributed by atoms with Crippen LogP contribution in [0.1, 0.15) is 18.3 Å². The van der Waals surface area contributed by atoms with E-state index in [9.17, 15) is 10.1 Å². The lowest BCUT2D eigenvalue weighted by Gasteiger charge is -2.10. The van der Waals surface area contributed by atoms with Gasteiger partial charge in [-0.25, -0.2) is 4.98 Å². The van der Waals surface area contributed by atoms with Crippen LogP contribution in [0.15, 0.2) is 47.3 Å². The van der Waals surface area contributed by atoms with Crippen LogP contribution in [0.5, 0.6) is 11.5 Å². The van der Waals surface area contributed by atoms with E-state index in [1.54, 1.807) is 55.7 Å². The second kappa shape index (κ2) is 7.53. The van der Waals surface area contributed by atoms with Gasteiger partial charge in [-0.1, -0.05) is 18.2 Å². The lowest BCUT2D eigenvalue weighted by molar-refractivity contribution is 0.311. The topological polar surface area (TPSA) is 88.0 Å². The van der Waals surface area contributed by atoms with Gasteiger partial charge in [0, 0.05) is 0 Å². The van der Waals surface area contributed by atoms with Gasteiger partial charge in [0.2, 0.25) is 0 Å². The van der Waals surface area contributed by atoms with Crippen LogP contribution in [0.3, 0.4) is 0 Å². The fraction of sp³-hybridized carbons (Fsp3) is 0.150. The van der Waals surface area contributed by atoms with Crippen molar-refractivity contribution in [3.05, 3.63) is 64.2 Å². The zero-order valence-corrected chi connectivity index (χ0v) is 14.4. The molecule has 0 amide bonds. The summed E-state index contributed by atoms with van der Waals surface area (Å²) in [6, 6.07) is 14.4. The molecule has 0 bridgehead atoms. The van der Waals surface area contributed by atoms with Crippen molar-refractivity contribution in [2.75, 3.05) is 13.7 Å². The van der Waals surface area contributed by atoms with E-state index in [1.165, 1.54) is 0 Å². The van der Waals surface area contributed by atoms with Crippen molar-refractivity contribution >= 4 is 22.6 Å². The highest BCUT2D eigenvalue weighted by Gasteiger charge is 2.10. The highest BCUT2D eigenvalue weighted by Crippen LogP contribution is 2.29. The summed E-state index contributed by atoms with van der Waals surface area (Å²) < 4.78 is 10.8. The zero-order valence-electron chi connectivity index (χ0n) is 14.4. The molecule has 0 saturated heterocycles. The number of benzene rings is 2. The normalized spacial score (nSPS) is 11.2. The van der Waals surface area contributed by atoms with Gasteiger partial charge in [0.05, 0.1) is 30.2 Å². The predicted octanol–water partition coefficient (Wildman–Crippen LogP) is 3.39. The summed E-state index contributed by atoms with van der Waals surface area (Å²) in [4.78, 5) is 19.3. The molecule has 130 valence electrons. The van der Waals surface area contributed by atoms with Crippen molar-refractivity contribution in [1.82, 2.24) is 9.97 Å². The van der Waals surface area contributed by atoms with Crippen molar-refractivity contribution in [2.24, 2.45) is 0 Å². The molecule has 0 aliphatic carbocycles. The Morgan fingerprint density at radius 1 is 1.27 bits per heavy atom. The Balaban J connectivity index is 2.08. The number of rotatable bonds is 5. The highest BCUT2D eigenvalue weighted by atomic mass is 16.5. The number of aromatic amines is 1. The first kappa shape index (κ1) is 17.2. The SMILES string of the molecule is CCOc1cc(/C=C(/C#N)c2nc3ccccc3c(=O)[nH]2)ccc1OC. The summed E-state index contributed by atoms with van der Waals surface area (Å²) in [6.07, 6.45) is 1.65. The van der Waals surface area contributed by atoms with Gasteiger partial charge in [0.1, 0.15) is 6.07 Å². The molecule has 1 N–H and O–H groups in total. The number of allylic oxidation sites excluding steroid dienone is 1. The number of hydrogen-bond donors (Lipinski definition) is 1. The average Bonchev–Trinajstić information content (AvgIpc) is 2.66. The molecule has 0 atom stereocenters. The van der Waals surface area contributed by atoms with E-state index in [0.29, 0.717) is 29.0 Å². The largest absolute Gasteiger partial charge is 0.493 e. The van der Waals surface area contributed by atoms with E-state index >= 15 is 0 Å². The number of nitriles is 1. The van der Waals surface area contributed by atoms with E-state index in [4.69, 9.17) is 9.47 Å². The maximum Gasteiger partial charge on any atom is 0.259 e. The summed E-state index contributed by atoms with van der Waals surface area (Å²) in [5.74, 6) is 1.42. The Bertz CT molecular complexity index is 1080. The predicted molar refractivity (Wildman–Crippen MR) is 100 cm³/mol. The number of fused-ring (bicyclic) bond motifs is 1. The average molecular weight is 347 g/mol. The number of nitrogens with one attached hydrogen (secondary N) is 1. The number of methoxy groups -OCH3 is 1. The molecule has 1 heterocycles. The summed E-state index contributed by atoms with van der Waals surface area (Å²) in [7, 11) is 1.57. The first-order valence-electron chi connectivity index (χ1n) is 8.08. The number of nitrogens with zero attached hydrogens (tertiary/aromatic N) is 2. The minimum absolute atomic E-state index is 0.227. The third-order valence-corrected chi connectivity index (χ3v) is 3.79. The number of para-hydroxylation sites is 1. The number of H-pyrrole nitrogens is 1. The molecule has 0 radical (unpaired) electrons. The van der Waals surface area contributed by atoms with Crippen LogP contribution in [0, 0.1) is 11.3 Å². The Labute approximate surface area is 150 Å². The Hall–Kier alpha value is -3.59. The summed E-state index contributed by atoms with van der Waals surface area (Å²) >= 11 is 0. The standard InChI is InChI=1S/C20H17N3O3/c1-3-26-18-11-13(8-9-17(18)25-2)10-14(12-21)19-22-16-7-5-4-6-15(16)20(24)23-19/h4-11H,3H2,1-2H3,(H,22,23,24)/b14-10-. The second-order valence-corrected chi connectivity index (χ2v) is 5.44. The molecule has 0 fully saturated rings.